The van der Waals surface area contributed by atoms with E-state index < -0.39 is 0 Å². The van der Waals surface area contributed by atoms with E-state index in [1.165, 1.54) is 51.7 Å². The number of hydrogen-bond donors (Lipinski definition) is 1. The minimum atomic E-state index is 0.323. The predicted molar refractivity (Wildman–Crippen MR) is 76.1 cm³/mol. The fraction of sp³-hybridized carbons (Fsp3) is 1.00. The van der Waals surface area contributed by atoms with Crippen LogP contribution in [0.3, 0.4) is 0 Å². The number of hydrogen-bond acceptors (Lipinski definition) is 2. The summed E-state index contributed by atoms with van der Waals surface area (Å²) in [6, 6.07) is 0. The van der Waals surface area contributed by atoms with Gasteiger partial charge in [-0.1, -0.05) is 34.1 Å². The van der Waals surface area contributed by atoms with Gasteiger partial charge >= 0.3 is 0 Å². The lowest BCUT2D eigenvalue weighted by Gasteiger charge is -2.34. The maximum Gasteiger partial charge on any atom is 0.00474 e. The molecule has 2 nitrogen and oxygen atoms in total. The van der Waals surface area contributed by atoms with Gasteiger partial charge in [0.05, 0.1) is 0 Å². The van der Waals surface area contributed by atoms with E-state index in [2.05, 4.69) is 32.6 Å². The lowest BCUT2D eigenvalue weighted by atomic mass is 9.84. The van der Waals surface area contributed by atoms with E-state index in [0.29, 0.717) is 10.8 Å². The van der Waals surface area contributed by atoms with Crippen molar-refractivity contribution in [3.63, 3.8) is 0 Å². The summed E-state index contributed by atoms with van der Waals surface area (Å²) in [6.07, 6.45) is 6.55. The van der Waals surface area contributed by atoms with Crippen LogP contribution in [-0.4, -0.2) is 31.1 Å². The maximum absolute atomic E-state index is 5.98. The molecule has 0 aromatic rings. The second-order valence-electron chi connectivity index (χ2n) is 7.06. The van der Waals surface area contributed by atoms with Gasteiger partial charge in [0.15, 0.2) is 0 Å². The van der Waals surface area contributed by atoms with Crippen LogP contribution < -0.4 is 5.73 Å². The third kappa shape index (κ3) is 4.97. The zero-order valence-electron chi connectivity index (χ0n) is 12.4. The Morgan fingerprint density at radius 3 is 2.53 bits per heavy atom. The fourth-order valence-electron chi connectivity index (χ4n) is 3.03. The second-order valence-corrected chi connectivity index (χ2v) is 7.06. The van der Waals surface area contributed by atoms with E-state index in [4.69, 9.17) is 5.73 Å². The molecule has 17 heavy (non-hydrogen) atoms. The van der Waals surface area contributed by atoms with Crippen LogP contribution in [0.2, 0.25) is 0 Å². The van der Waals surface area contributed by atoms with E-state index in [-0.39, 0.29) is 0 Å². The van der Waals surface area contributed by atoms with E-state index >= 15 is 0 Å². The fourth-order valence-corrected chi connectivity index (χ4v) is 3.03. The first kappa shape index (κ1) is 15.0. The molecule has 1 heterocycles. The van der Waals surface area contributed by atoms with Crippen molar-refractivity contribution in [1.82, 2.24) is 4.90 Å². The molecule has 1 rings (SSSR count). The van der Waals surface area contributed by atoms with Crippen LogP contribution in [0.15, 0.2) is 0 Å². The Labute approximate surface area is 108 Å². The smallest absolute Gasteiger partial charge is 0.00474 e. The summed E-state index contributed by atoms with van der Waals surface area (Å²) in [5.74, 6) is 0. The molecule has 0 radical (unpaired) electrons. The highest BCUT2D eigenvalue weighted by molar-refractivity contribution is 4.82. The van der Waals surface area contributed by atoms with Crippen LogP contribution in [0.4, 0.5) is 0 Å². The molecule has 1 atom stereocenters. The summed E-state index contributed by atoms with van der Waals surface area (Å²) in [7, 11) is 0. The van der Waals surface area contributed by atoms with E-state index in [0.717, 1.165) is 6.54 Å². The topological polar surface area (TPSA) is 29.3 Å². The molecule has 0 bridgehead atoms. The van der Waals surface area contributed by atoms with Crippen LogP contribution in [0.1, 0.15) is 59.8 Å². The third-order valence-corrected chi connectivity index (χ3v) is 4.38. The molecular formula is C15H32N2. The van der Waals surface area contributed by atoms with Crippen molar-refractivity contribution in [1.29, 1.82) is 0 Å². The molecule has 0 spiro atoms. The van der Waals surface area contributed by atoms with Gasteiger partial charge < -0.3 is 10.6 Å². The Hall–Kier alpha value is -0.0800. The zero-order chi connectivity index (χ0) is 12.9. The summed E-state index contributed by atoms with van der Waals surface area (Å²) in [4.78, 5) is 2.65. The number of likely N-dealkylation sites (tertiary alicyclic amines) is 1. The van der Waals surface area contributed by atoms with Crippen molar-refractivity contribution >= 4 is 0 Å². The first-order valence-corrected chi connectivity index (χ1v) is 7.33. The molecule has 0 aromatic heterocycles. The number of nitrogens with two attached hydrogens (primary N) is 1. The number of rotatable bonds is 5. The van der Waals surface area contributed by atoms with Crippen molar-refractivity contribution in [2.75, 3.05) is 26.2 Å². The SMILES string of the molecule is CCCC(C)(CN)CN1CCCC(C)(C)CC1. The molecule has 1 unspecified atom stereocenters. The molecule has 1 saturated heterocycles. The van der Waals surface area contributed by atoms with Gasteiger partial charge in [0.25, 0.3) is 0 Å². The predicted octanol–water partition coefficient (Wildman–Crippen LogP) is 3.26. The summed E-state index contributed by atoms with van der Waals surface area (Å²) in [6.45, 7) is 14.0. The molecule has 0 saturated carbocycles. The second kappa shape index (κ2) is 6.19. The molecular weight excluding hydrogens is 208 g/mol. The first-order chi connectivity index (χ1) is 7.91. The molecule has 102 valence electrons. The van der Waals surface area contributed by atoms with Gasteiger partial charge in [0.2, 0.25) is 0 Å². The van der Waals surface area contributed by atoms with Gasteiger partial charge in [0, 0.05) is 6.54 Å². The Morgan fingerprint density at radius 1 is 1.24 bits per heavy atom. The summed E-state index contributed by atoms with van der Waals surface area (Å²) in [5, 5.41) is 0. The number of nitrogens with zero attached hydrogens (tertiary/aromatic N) is 1. The Balaban J connectivity index is 2.50. The minimum absolute atomic E-state index is 0.323. The Bertz CT molecular complexity index is 225. The molecule has 1 aliphatic rings. The highest BCUT2D eigenvalue weighted by Gasteiger charge is 2.28. The van der Waals surface area contributed by atoms with Gasteiger partial charge in [-0.25, -0.2) is 0 Å². The van der Waals surface area contributed by atoms with Crippen molar-refractivity contribution in [3.8, 4) is 0 Å². The standard InChI is InChI=1S/C15H32N2/c1-5-7-15(4,12-16)13-17-10-6-8-14(2,3)9-11-17/h5-13,16H2,1-4H3. The maximum atomic E-state index is 5.98. The van der Waals surface area contributed by atoms with Gasteiger partial charge in [-0.05, 0) is 56.1 Å². The Kier molecular flexibility index (Phi) is 5.46. The van der Waals surface area contributed by atoms with E-state index in [1.54, 1.807) is 0 Å². The average Bonchev–Trinajstić information content (AvgIpc) is 2.41. The van der Waals surface area contributed by atoms with Crippen LogP contribution >= 0.6 is 0 Å². The quantitative estimate of drug-likeness (QED) is 0.799. The van der Waals surface area contributed by atoms with Crippen LogP contribution in [-0.2, 0) is 0 Å². The van der Waals surface area contributed by atoms with Crippen molar-refractivity contribution in [2.45, 2.75) is 59.8 Å². The lowest BCUT2D eigenvalue weighted by Crippen LogP contribution is -2.41. The van der Waals surface area contributed by atoms with E-state index in [1.807, 2.05) is 0 Å². The van der Waals surface area contributed by atoms with Crippen LogP contribution in [0.25, 0.3) is 0 Å². The van der Waals surface area contributed by atoms with Crippen LogP contribution in [0.5, 0.6) is 0 Å². The van der Waals surface area contributed by atoms with Crippen molar-refractivity contribution in [2.24, 2.45) is 16.6 Å². The monoisotopic (exact) mass is 240 g/mol. The van der Waals surface area contributed by atoms with Crippen LogP contribution in [0, 0.1) is 10.8 Å². The average molecular weight is 240 g/mol. The normalized spacial score (nSPS) is 25.2. The van der Waals surface area contributed by atoms with Gasteiger partial charge in [-0.2, -0.15) is 0 Å². The zero-order valence-corrected chi connectivity index (χ0v) is 12.4. The van der Waals surface area contributed by atoms with Crippen molar-refractivity contribution in [3.05, 3.63) is 0 Å². The van der Waals surface area contributed by atoms with E-state index in [9.17, 15) is 0 Å². The molecule has 0 aliphatic carbocycles. The molecule has 0 amide bonds. The molecule has 0 aromatic carbocycles. The molecule has 2 N–H and O–H groups in total. The third-order valence-electron chi connectivity index (χ3n) is 4.38. The van der Waals surface area contributed by atoms with Gasteiger partial charge in [-0.3, -0.25) is 0 Å². The minimum Gasteiger partial charge on any atom is -0.330 e. The first-order valence-electron chi connectivity index (χ1n) is 7.33. The Morgan fingerprint density at radius 2 is 1.94 bits per heavy atom. The van der Waals surface area contributed by atoms with Gasteiger partial charge in [-0.15, -0.1) is 0 Å². The highest BCUT2D eigenvalue weighted by atomic mass is 15.1. The molecule has 2 heteroatoms. The largest absolute Gasteiger partial charge is 0.330 e. The molecule has 1 aliphatic heterocycles. The summed E-state index contributed by atoms with van der Waals surface area (Å²) < 4.78 is 0. The van der Waals surface area contributed by atoms with Crippen molar-refractivity contribution < 1.29 is 0 Å². The summed E-state index contributed by atoms with van der Waals surface area (Å²) >= 11 is 0. The van der Waals surface area contributed by atoms with Gasteiger partial charge in [0.1, 0.15) is 0 Å². The lowest BCUT2D eigenvalue weighted by molar-refractivity contribution is 0.158. The molecule has 1 fully saturated rings. The summed E-state index contributed by atoms with van der Waals surface area (Å²) in [5.41, 5.74) is 6.84. The highest BCUT2D eigenvalue weighted by Crippen LogP contribution is 2.31.